The van der Waals surface area contributed by atoms with Crippen LogP contribution in [0.4, 0.5) is 5.69 Å². The van der Waals surface area contributed by atoms with Gasteiger partial charge in [-0.05, 0) is 66.9 Å². The third kappa shape index (κ3) is 7.89. The molecule has 8 heteroatoms. The number of hydrazone groups is 1. The number of hydrogen-bond donors (Lipinski definition) is 2. The summed E-state index contributed by atoms with van der Waals surface area (Å²) in [6, 6.07) is 19.5. The Morgan fingerprint density at radius 3 is 2.57 bits per heavy atom. The predicted octanol–water partition coefficient (Wildman–Crippen LogP) is 4.57. The van der Waals surface area contributed by atoms with Gasteiger partial charge in [-0.25, -0.2) is 5.43 Å². The lowest BCUT2D eigenvalue weighted by atomic mass is 10.2. The summed E-state index contributed by atoms with van der Waals surface area (Å²) in [6.45, 7) is 4.40. The van der Waals surface area contributed by atoms with Gasteiger partial charge in [-0.2, -0.15) is 5.10 Å². The van der Waals surface area contributed by atoms with Gasteiger partial charge in [0.25, 0.3) is 11.8 Å². The third-order valence-corrected chi connectivity index (χ3v) is 4.80. The van der Waals surface area contributed by atoms with Crippen LogP contribution in [0.1, 0.15) is 34.8 Å². The molecule has 0 saturated carbocycles. The standard InChI is InChI=1S/C27H29N3O5/c1-4-13-34-24-12-11-21(16-25(24)33-3)27(32)30-28-17-20-8-6-10-23(15-20)35-18-26(31)29-22-9-5-7-19(2)14-22/h5-12,14-17H,4,13,18H2,1-3H3,(H,29,31)(H,30,32)/b28-17+. The molecule has 0 aliphatic heterocycles. The van der Waals surface area contributed by atoms with Crippen LogP contribution < -0.4 is 25.0 Å². The molecular formula is C27H29N3O5. The number of nitrogens with one attached hydrogen (secondary N) is 2. The molecule has 0 aromatic heterocycles. The van der Waals surface area contributed by atoms with E-state index in [4.69, 9.17) is 14.2 Å². The van der Waals surface area contributed by atoms with Crippen LogP contribution in [0.5, 0.6) is 17.2 Å². The van der Waals surface area contributed by atoms with E-state index in [2.05, 4.69) is 15.8 Å². The van der Waals surface area contributed by atoms with Crippen LogP contribution in [0, 0.1) is 6.92 Å². The van der Waals surface area contributed by atoms with E-state index in [-0.39, 0.29) is 18.4 Å². The number of carbonyl (C=O) groups excluding carboxylic acids is 2. The van der Waals surface area contributed by atoms with Crippen molar-refractivity contribution in [3.05, 3.63) is 83.4 Å². The fraction of sp³-hybridized carbons (Fsp3) is 0.222. The maximum Gasteiger partial charge on any atom is 0.271 e. The number of anilines is 1. The van der Waals surface area contributed by atoms with Gasteiger partial charge in [-0.15, -0.1) is 0 Å². The number of methoxy groups -OCH3 is 1. The lowest BCUT2D eigenvalue weighted by Gasteiger charge is -2.11. The highest BCUT2D eigenvalue weighted by atomic mass is 16.5. The van der Waals surface area contributed by atoms with Crippen molar-refractivity contribution >= 4 is 23.7 Å². The summed E-state index contributed by atoms with van der Waals surface area (Å²) in [5, 5.41) is 6.81. The second-order valence-electron chi connectivity index (χ2n) is 7.69. The fourth-order valence-corrected chi connectivity index (χ4v) is 3.12. The molecule has 0 spiro atoms. The number of benzene rings is 3. The largest absolute Gasteiger partial charge is 0.493 e. The first-order valence-corrected chi connectivity index (χ1v) is 11.2. The van der Waals surface area contributed by atoms with Gasteiger partial charge >= 0.3 is 0 Å². The summed E-state index contributed by atoms with van der Waals surface area (Å²) in [4.78, 5) is 24.6. The maximum absolute atomic E-state index is 12.5. The monoisotopic (exact) mass is 475 g/mol. The summed E-state index contributed by atoms with van der Waals surface area (Å²) in [7, 11) is 1.52. The summed E-state index contributed by atoms with van der Waals surface area (Å²) >= 11 is 0. The normalized spacial score (nSPS) is 10.6. The summed E-state index contributed by atoms with van der Waals surface area (Å²) in [5.41, 5.74) is 5.35. The van der Waals surface area contributed by atoms with Gasteiger partial charge < -0.3 is 19.5 Å². The van der Waals surface area contributed by atoms with Crippen LogP contribution in [0.2, 0.25) is 0 Å². The molecule has 0 radical (unpaired) electrons. The number of nitrogens with zero attached hydrogens (tertiary/aromatic N) is 1. The second-order valence-corrected chi connectivity index (χ2v) is 7.69. The first kappa shape index (κ1) is 25.3. The number of rotatable bonds is 11. The van der Waals surface area contributed by atoms with Crippen LogP contribution in [0.15, 0.2) is 71.8 Å². The zero-order valence-electron chi connectivity index (χ0n) is 20.0. The summed E-state index contributed by atoms with van der Waals surface area (Å²) < 4.78 is 16.5. The molecule has 3 aromatic carbocycles. The second kappa shape index (κ2) is 12.8. The molecule has 0 atom stereocenters. The topological polar surface area (TPSA) is 98.3 Å². The molecule has 3 aromatic rings. The number of hydrogen-bond acceptors (Lipinski definition) is 6. The minimum Gasteiger partial charge on any atom is -0.493 e. The predicted molar refractivity (Wildman–Crippen MR) is 136 cm³/mol. The molecule has 0 aliphatic carbocycles. The Morgan fingerprint density at radius 1 is 0.971 bits per heavy atom. The molecule has 0 heterocycles. The molecule has 182 valence electrons. The van der Waals surface area contributed by atoms with Gasteiger partial charge in [0.15, 0.2) is 18.1 Å². The highest BCUT2D eigenvalue weighted by molar-refractivity contribution is 5.95. The molecule has 0 unspecified atom stereocenters. The minimum atomic E-state index is -0.387. The first-order valence-electron chi connectivity index (χ1n) is 11.2. The Labute approximate surface area is 204 Å². The van der Waals surface area contributed by atoms with Crippen molar-refractivity contribution in [2.45, 2.75) is 20.3 Å². The average molecular weight is 476 g/mol. The van der Waals surface area contributed by atoms with E-state index < -0.39 is 0 Å². The van der Waals surface area contributed by atoms with E-state index >= 15 is 0 Å². The molecule has 0 bridgehead atoms. The number of carbonyl (C=O) groups is 2. The van der Waals surface area contributed by atoms with Crippen LogP contribution in [-0.4, -0.2) is 38.4 Å². The van der Waals surface area contributed by atoms with Crippen molar-refractivity contribution in [1.82, 2.24) is 5.43 Å². The average Bonchev–Trinajstić information content (AvgIpc) is 2.86. The lowest BCUT2D eigenvalue weighted by molar-refractivity contribution is -0.118. The van der Waals surface area contributed by atoms with E-state index in [9.17, 15) is 9.59 Å². The molecule has 0 aliphatic rings. The molecule has 0 fully saturated rings. The van der Waals surface area contributed by atoms with Gasteiger partial charge in [0.05, 0.1) is 19.9 Å². The Hall–Kier alpha value is -4.33. The Balaban J connectivity index is 1.53. The first-order chi connectivity index (χ1) is 17.0. The van der Waals surface area contributed by atoms with Crippen molar-refractivity contribution in [3.8, 4) is 17.2 Å². The van der Waals surface area contributed by atoms with Crippen LogP contribution in [-0.2, 0) is 4.79 Å². The van der Waals surface area contributed by atoms with Crippen molar-refractivity contribution in [3.63, 3.8) is 0 Å². The lowest BCUT2D eigenvalue weighted by Crippen LogP contribution is -2.20. The maximum atomic E-state index is 12.5. The molecular weight excluding hydrogens is 446 g/mol. The number of amides is 2. The van der Waals surface area contributed by atoms with E-state index in [0.717, 1.165) is 17.7 Å². The van der Waals surface area contributed by atoms with E-state index in [0.29, 0.717) is 35.0 Å². The third-order valence-electron chi connectivity index (χ3n) is 4.80. The van der Waals surface area contributed by atoms with Gasteiger partial charge in [-0.1, -0.05) is 31.2 Å². The molecule has 2 amide bonds. The zero-order valence-corrected chi connectivity index (χ0v) is 20.0. The van der Waals surface area contributed by atoms with Gasteiger partial charge in [-0.3, -0.25) is 9.59 Å². The highest BCUT2D eigenvalue weighted by Gasteiger charge is 2.11. The summed E-state index contributed by atoms with van der Waals surface area (Å²) in [5.74, 6) is 0.919. The van der Waals surface area contributed by atoms with E-state index in [1.165, 1.54) is 13.3 Å². The van der Waals surface area contributed by atoms with Crippen LogP contribution >= 0.6 is 0 Å². The zero-order chi connectivity index (χ0) is 25.0. The Kier molecular flexibility index (Phi) is 9.24. The minimum absolute atomic E-state index is 0.134. The number of ether oxygens (including phenoxy) is 3. The van der Waals surface area contributed by atoms with Crippen molar-refractivity contribution in [2.75, 3.05) is 25.6 Å². The van der Waals surface area contributed by atoms with Crippen molar-refractivity contribution in [1.29, 1.82) is 0 Å². The van der Waals surface area contributed by atoms with Gasteiger partial charge in [0.2, 0.25) is 0 Å². The highest BCUT2D eigenvalue weighted by Crippen LogP contribution is 2.28. The van der Waals surface area contributed by atoms with Gasteiger partial charge in [0.1, 0.15) is 5.75 Å². The summed E-state index contributed by atoms with van der Waals surface area (Å²) in [6.07, 6.45) is 2.36. The van der Waals surface area contributed by atoms with Crippen molar-refractivity contribution < 1.29 is 23.8 Å². The quantitative estimate of drug-likeness (QED) is 0.313. The smallest absolute Gasteiger partial charge is 0.271 e. The number of aryl methyl sites for hydroxylation is 1. The van der Waals surface area contributed by atoms with Crippen LogP contribution in [0.25, 0.3) is 0 Å². The molecule has 8 nitrogen and oxygen atoms in total. The molecule has 3 rings (SSSR count). The Bertz CT molecular complexity index is 1190. The Morgan fingerprint density at radius 2 is 1.80 bits per heavy atom. The molecule has 35 heavy (non-hydrogen) atoms. The van der Waals surface area contributed by atoms with E-state index in [1.807, 2.05) is 38.1 Å². The van der Waals surface area contributed by atoms with Crippen LogP contribution in [0.3, 0.4) is 0 Å². The van der Waals surface area contributed by atoms with Crippen molar-refractivity contribution in [2.24, 2.45) is 5.10 Å². The fourth-order valence-electron chi connectivity index (χ4n) is 3.12. The molecule has 0 saturated heterocycles. The SMILES string of the molecule is CCCOc1ccc(C(=O)N/N=C/c2cccc(OCC(=O)Nc3cccc(C)c3)c2)cc1OC. The van der Waals surface area contributed by atoms with E-state index in [1.54, 1.807) is 42.5 Å². The molecule has 2 N–H and O–H groups in total. The van der Waals surface area contributed by atoms with Gasteiger partial charge in [0, 0.05) is 11.3 Å².